The van der Waals surface area contributed by atoms with Gasteiger partial charge in [0.2, 0.25) is 5.91 Å². The number of imide groups is 1. The second-order valence-electron chi connectivity index (χ2n) is 7.74. The molecule has 0 aliphatic carbocycles. The Hall–Kier alpha value is -2.67. The zero-order valence-corrected chi connectivity index (χ0v) is 17.5. The second kappa shape index (κ2) is 9.22. The highest BCUT2D eigenvalue weighted by Crippen LogP contribution is 2.33. The summed E-state index contributed by atoms with van der Waals surface area (Å²) in [5.74, 6) is -0.548. The third kappa shape index (κ3) is 4.67. The van der Waals surface area contributed by atoms with Crippen molar-refractivity contribution in [1.29, 1.82) is 0 Å². The number of benzene rings is 1. The minimum atomic E-state index is -0.215. The van der Waals surface area contributed by atoms with E-state index >= 15 is 0 Å². The van der Waals surface area contributed by atoms with Crippen molar-refractivity contribution in [3.8, 4) is 0 Å². The van der Waals surface area contributed by atoms with Gasteiger partial charge >= 0.3 is 0 Å². The van der Waals surface area contributed by atoms with Crippen molar-refractivity contribution in [3.05, 3.63) is 35.5 Å². The third-order valence-corrected chi connectivity index (χ3v) is 5.44. The Morgan fingerprint density at radius 2 is 1.66 bits per heavy atom. The lowest BCUT2D eigenvalue weighted by Crippen LogP contribution is -2.46. The highest BCUT2D eigenvalue weighted by molar-refractivity contribution is 6.35. The maximum atomic E-state index is 13.2. The van der Waals surface area contributed by atoms with Crippen LogP contribution in [0.5, 0.6) is 0 Å². The van der Waals surface area contributed by atoms with Crippen LogP contribution in [0.3, 0.4) is 0 Å². The van der Waals surface area contributed by atoms with Gasteiger partial charge in [0.05, 0.1) is 5.57 Å². The molecule has 0 saturated carbocycles. The Morgan fingerprint density at radius 1 is 1.00 bits per heavy atom. The molecular weight excluding hydrogens is 368 g/mol. The van der Waals surface area contributed by atoms with E-state index < -0.39 is 0 Å². The van der Waals surface area contributed by atoms with Crippen LogP contribution in [0.1, 0.15) is 38.7 Å². The van der Waals surface area contributed by atoms with Gasteiger partial charge in [-0.1, -0.05) is 31.9 Å². The van der Waals surface area contributed by atoms with Crippen molar-refractivity contribution in [2.45, 2.75) is 33.1 Å². The molecule has 0 atom stereocenters. The maximum Gasteiger partial charge on any atom is 0.277 e. The van der Waals surface area contributed by atoms with Crippen LogP contribution in [0.4, 0.5) is 5.69 Å². The van der Waals surface area contributed by atoms with Gasteiger partial charge in [0.1, 0.15) is 5.70 Å². The smallest absolute Gasteiger partial charge is 0.277 e. The number of nitrogens with zero attached hydrogens (tertiary/aromatic N) is 3. The molecule has 1 aromatic rings. The number of hydrogen-bond acceptors (Lipinski definition) is 5. The van der Waals surface area contributed by atoms with Gasteiger partial charge in [-0.05, 0) is 31.2 Å². The molecule has 2 aliphatic rings. The minimum Gasteiger partial charge on any atom is -0.364 e. The molecule has 0 bridgehead atoms. The lowest BCUT2D eigenvalue weighted by atomic mass is 10.0. The first-order chi connectivity index (χ1) is 13.9. The molecule has 2 heterocycles. The largest absolute Gasteiger partial charge is 0.364 e. The molecule has 1 saturated heterocycles. The van der Waals surface area contributed by atoms with E-state index in [0.29, 0.717) is 29.1 Å². The summed E-state index contributed by atoms with van der Waals surface area (Å²) in [5.41, 5.74) is 2.38. The molecule has 1 fully saturated rings. The molecule has 3 amide bonds. The Bertz CT molecular complexity index is 808. The van der Waals surface area contributed by atoms with Crippen molar-refractivity contribution in [3.63, 3.8) is 0 Å². The van der Waals surface area contributed by atoms with Crippen LogP contribution >= 0.6 is 0 Å². The molecule has 0 aromatic heterocycles. The van der Waals surface area contributed by atoms with Gasteiger partial charge in [0, 0.05) is 45.3 Å². The van der Waals surface area contributed by atoms with Gasteiger partial charge < -0.3 is 15.1 Å². The molecule has 1 N–H and O–H groups in total. The lowest BCUT2D eigenvalue weighted by molar-refractivity contribution is -0.137. The summed E-state index contributed by atoms with van der Waals surface area (Å²) >= 11 is 0. The molecule has 1 aromatic carbocycles. The summed E-state index contributed by atoms with van der Waals surface area (Å²) in [6.45, 7) is 7.17. The van der Waals surface area contributed by atoms with E-state index in [0.717, 1.165) is 45.4 Å². The number of piperazine rings is 1. The number of anilines is 1. The van der Waals surface area contributed by atoms with Crippen LogP contribution in [0.25, 0.3) is 5.57 Å². The van der Waals surface area contributed by atoms with E-state index in [9.17, 15) is 14.4 Å². The predicted octanol–water partition coefficient (Wildman–Crippen LogP) is 2.16. The van der Waals surface area contributed by atoms with Crippen molar-refractivity contribution >= 4 is 29.0 Å². The van der Waals surface area contributed by atoms with Crippen LogP contribution in [0.2, 0.25) is 0 Å². The average Bonchev–Trinajstić information content (AvgIpc) is 2.94. The Labute approximate surface area is 172 Å². The lowest BCUT2D eigenvalue weighted by Gasteiger charge is -2.34. The number of carbonyl (C=O) groups excluding carboxylic acids is 3. The summed E-state index contributed by atoms with van der Waals surface area (Å²) in [5, 5.41) is 2.73. The van der Waals surface area contributed by atoms with E-state index in [1.165, 1.54) is 11.8 Å². The highest BCUT2D eigenvalue weighted by atomic mass is 16.2. The molecule has 7 nitrogen and oxygen atoms in total. The molecule has 2 aliphatic heterocycles. The summed E-state index contributed by atoms with van der Waals surface area (Å²) in [7, 11) is 2.06. The number of amides is 3. The first-order valence-corrected chi connectivity index (χ1v) is 10.3. The van der Waals surface area contributed by atoms with Crippen LogP contribution in [0.15, 0.2) is 30.0 Å². The first-order valence-electron chi connectivity index (χ1n) is 10.3. The number of rotatable bonds is 7. The number of hydrogen-bond donors (Lipinski definition) is 1. The average molecular weight is 399 g/mol. The van der Waals surface area contributed by atoms with Crippen molar-refractivity contribution in [2.75, 3.05) is 45.1 Å². The van der Waals surface area contributed by atoms with Gasteiger partial charge in [-0.15, -0.1) is 0 Å². The molecule has 0 radical (unpaired) electrons. The fraction of sp³-hybridized carbons (Fsp3) is 0.500. The first kappa shape index (κ1) is 21.0. The number of carbonyl (C=O) groups is 3. The Balaban J connectivity index is 1.93. The summed E-state index contributed by atoms with van der Waals surface area (Å²) in [6, 6.07) is 7.14. The number of unbranched alkanes of at least 4 members (excludes halogenated alkanes) is 2. The van der Waals surface area contributed by atoms with Crippen molar-refractivity contribution in [2.24, 2.45) is 0 Å². The molecule has 7 heteroatoms. The molecule has 0 spiro atoms. The predicted molar refractivity (Wildman–Crippen MR) is 113 cm³/mol. The fourth-order valence-electron chi connectivity index (χ4n) is 3.79. The molecular formula is C22H30N4O3. The van der Waals surface area contributed by atoms with Crippen molar-refractivity contribution < 1.29 is 14.4 Å². The third-order valence-electron chi connectivity index (χ3n) is 5.44. The zero-order chi connectivity index (χ0) is 21.0. The Morgan fingerprint density at radius 3 is 2.24 bits per heavy atom. The van der Waals surface area contributed by atoms with Crippen LogP contribution in [0, 0.1) is 0 Å². The van der Waals surface area contributed by atoms with Gasteiger partial charge in [-0.2, -0.15) is 0 Å². The molecule has 29 heavy (non-hydrogen) atoms. The molecule has 0 unspecified atom stereocenters. The van der Waals surface area contributed by atoms with E-state index in [1.807, 2.05) is 0 Å². The summed E-state index contributed by atoms with van der Waals surface area (Å²) in [6.07, 6.45) is 2.84. The van der Waals surface area contributed by atoms with Crippen molar-refractivity contribution in [1.82, 2.24) is 14.7 Å². The SMILES string of the molecule is CCCCCN1C(=O)C(c2ccc(NC(C)=O)cc2)=C(N2CCN(C)CC2)C1=O. The van der Waals surface area contributed by atoms with Gasteiger partial charge in [-0.25, -0.2) is 0 Å². The van der Waals surface area contributed by atoms with E-state index in [4.69, 9.17) is 0 Å². The van der Waals surface area contributed by atoms with Crippen LogP contribution in [-0.2, 0) is 14.4 Å². The van der Waals surface area contributed by atoms with Gasteiger partial charge in [-0.3, -0.25) is 19.3 Å². The normalized spacial score (nSPS) is 18.0. The van der Waals surface area contributed by atoms with Gasteiger partial charge in [0.15, 0.2) is 0 Å². The molecule has 156 valence electrons. The summed E-state index contributed by atoms with van der Waals surface area (Å²) in [4.78, 5) is 43.4. The topological polar surface area (TPSA) is 73.0 Å². The summed E-state index contributed by atoms with van der Waals surface area (Å²) < 4.78 is 0. The maximum absolute atomic E-state index is 13.2. The van der Waals surface area contributed by atoms with E-state index in [2.05, 4.69) is 29.1 Å². The quantitative estimate of drug-likeness (QED) is 0.563. The second-order valence-corrected chi connectivity index (χ2v) is 7.74. The minimum absolute atomic E-state index is 0.149. The van der Waals surface area contributed by atoms with Gasteiger partial charge in [0.25, 0.3) is 11.8 Å². The van der Waals surface area contributed by atoms with E-state index in [1.54, 1.807) is 24.3 Å². The monoisotopic (exact) mass is 398 g/mol. The standard InChI is InChI=1S/C22H30N4O3/c1-4-5-6-11-26-21(28)19(17-7-9-18(10-8-17)23-16(2)27)20(22(26)29)25-14-12-24(3)13-15-25/h7-10H,4-6,11-15H2,1-3H3,(H,23,27). The zero-order valence-electron chi connectivity index (χ0n) is 17.5. The number of nitrogens with one attached hydrogen (secondary N) is 1. The van der Waals surface area contributed by atoms with Crippen LogP contribution in [-0.4, -0.2) is 72.2 Å². The fourth-order valence-corrected chi connectivity index (χ4v) is 3.79. The number of likely N-dealkylation sites (N-methyl/N-ethyl adjacent to an activating group) is 1. The van der Waals surface area contributed by atoms with Crippen LogP contribution < -0.4 is 5.32 Å². The Kier molecular flexibility index (Phi) is 6.69. The highest BCUT2D eigenvalue weighted by Gasteiger charge is 2.41. The van der Waals surface area contributed by atoms with E-state index in [-0.39, 0.29) is 17.7 Å². The molecule has 3 rings (SSSR count).